The fourth-order valence-electron chi connectivity index (χ4n) is 2.46. The molecular weight excluding hydrogens is 338 g/mol. The topological polar surface area (TPSA) is 21.3 Å². The zero-order valence-corrected chi connectivity index (χ0v) is 15.1. The average molecular weight is 363 g/mol. The maximum absolute atomic E-state index is 6.34. The second-order valence-electron chi connectivity index (χ2n) is 5.27. The molecule has 0 fully saturated rings. The van der Waals surface area contributed by atoms with Crippen LogP contribution in [0, 0.1) is 5.92 Å². The lowest BCUT2D eigenvalue weighted by Crippen LogP contribution is -2.45. The van der Waals surface area contributed by atoms with Gasteiger partial charge in [-0.1, -0.05) is 54.4 Å². The van der Waals surface area contributed by atoms with E-state index in [1.54, 1.807) is 0 Å². The summed E-state index contributed by atoms with van der Waals surface area (Å²) in [5.41, 5.74) is 1.16. The van der Waals surface area contributed by atoms with Gasteiger partial charge in [0.25, 0.3) is 0 Å². The minimum atomic E-state index is 0.194. The average Bonchev–Trinajstić information content (AvgIpc) is 2.38. The number of nitrogens with one attached hydrogen (secondary N) is 1. The van der Waals surface area contributed by atoms with Gasteiger partial charge in [0.2, 0.25) is 0 Å². The van der Waals surface area contributed by atoms with Crippen LogP contribution in [0.25, 0.3) is 0 Å². The molecule has 0 radical (unpaired) electrons. The SMILES string of the molecule is CCNC(Cc1ccc(Br)cc1Cl)C(OCC)C(C)C. The van der Waals surface area contributed by atoms with E-state index in [-0.39, 0.29) is 12.1 Å². The van der Waals surface area contributed by atoms with Crippen LogP contribution in [-0.4, -0.2) is 25.3 Å². The smallest absolute Gasteiger partial charge is 0.0753 e. The normalized spacial score (nSPS) is 14.6. The Labute approximate surface area is 136 Å². The number of hydrogen-bond donors (Lipinski definition) is 1. The Morgan fingerprint density at radius 2 is 2.00 bits per heavy atom. The third-order valence-corrected chi connectivity index (χ3v) is 4.18. The van der Waals surface area contributed by atoms with Crippen molar-refractivity contribution in [3.63, 3.8) is 0 Å². The Kier molecular flexibility index (Phi) is 8.11. The summed E-state index contributed by atoms with van der Waals surface area (Å²) in [7, 11) is 0. The van der Waals surface area contributed by atoms with Gasteiger partial charge in [-0.2, -0.15) is 0 Å². The molecule has 2 atom stereocenters. The van der Waals surface area contributed by atoms with Gasteiger partial charge in [-0.05, 0) is 43.5 Å². The van der Waals surface area contributed by atoms with Crippen molar-refractivity contribution in [2.24, 2.45) is 5.92 Å². The van der Waals surface area contributed by atoms with E-state index in [0.29, 0.717) is 5.92 Å². The molecule has 0 saturated carbocycles. The van der Waals surface area contributed by atoms with E-state index in [9.17, 15) is 0 Å². The molecule has 1 N–H and O–H groups in total. The molecule has 0 amide bonds. The number of rotatable bonds is 8. The molecule has 1 aromatic carbocycles. The fourth-order valence-corrected chi connectivity index (χ4v) is 3.21. The van der Waals surface area contributed by atoms with Gasteiger partial charge in [0, 0.05) is 22.1 Å². The maximum Gasteiger partial charge on any atom is 0.0753 e. The van der Waals surface area contributed by atoms with E-state index in [2.05, 4.69) is 48.1 Å². The van der Waals surface area contributed by atoms with Crippen LogP contribution in [0.2, 0.25) is 5.02 Å². The third kappa shape index (κ3) is 5.36. The van der Waals surface area contributed by atoms with Crippen molar-refractivity contribution in [2.45, 2.75) is 46.3 Å². The number of halogens is 2. The van der Waals surface area contributed by atoms with Crippen molar-refractivity contribution >= 4 is 27.5 Å². The standard InChI is InChI=1S/C16H25BrClNO/c1-5-19-15(16(11(3)4)20-6-2)9-12-7-8-13(17)10-14(12)18/h7-8,10-11,15-16,19H,5-6,9H2,1-4H3. The van der Waals surface area contributed by atoms with Crippen LogP contribution in [0.5, 0.6) is 0 Å². The van der Waals surface area contributed by atoms with Gasteiger partial charge in [0.15, 0.2) is 0 Å². The molecular formula is C16H25BrClNO. The maximum atomic E-state index is 6.34. The highest BCUT2D eigenvalue weighted by atomic mass is 79.9. The zero-order chi connectivity index (χ0) is 15.1. The highest BCUT2D eigenvalue weighted by molar-refractivity contribution is 9.10. The molecule has 0 heterocycles. The molecule has 0 bridgehead atoms. The van der Waals surface area contributed by atoms with E-state index in [0.717, 1.165) is 34.6 Å². The minimum Gasteiger partial charge on any atom is -0.377 e. The quantitative estimate of drug-likeness (QED) is 0.724. The first-order valence-electron chi connectivity index (χ1n) is 7.28. The van der Waals surface area contributed by atoms with Gasteiger partial charge in [0.05, 0.1) is 6.10 Å². The van der Waals surface area contributed by atoms with E-state index in [1.807, 2.05) is 19.1 Å². The second-order valence-corrected chi connectivity index (χ2v) is 6.59. The minimum absolute atomic E-state index is 0.194. The molecule has 0 aliphatic heterocycles. The molecule has 0 aromatic heterocycles. The highest BCUT2D eigenvalue weighted by Crippen LogP contribution is 2.24. The van der Waals surface area contributed by atoms with E-state index in [1.165, 1.54) is 0 Å². The van der Waals surface area contributed by atoms with Gasteiger partial charge in [-0.25, -0.2) is 0 Å². The summed E-state index contributed by atoms with van der Waals surface area (Å²) < 4.78 is 6.95. The lowest BCUT2D eigenvalue weighted by atomic mass is 9.93. The largest absolute Gasteiger partial charge is 0.377 e. The van der Waals surface area contributed by atoms with Crippen molar-refractivity contribution in [3.8, 4) is 0 Å². The molecule has 1 rings (SSSR count). The van der Waals surface area contributed by atoms with E-state index < -0.39 is 0 Å². The monoisotopic (exact) mass is 361 g/mol. The van der Waals surface area contributed by atoms with Crippen LogP contribution in [0.15, 0.2) is 22.7 Å². The van der Waals surface area contributed by atoms with Crippen molar-refractivity contribution in [1.82, 2.24) is 5.32 Å². The Bertz CT molecular complexity index is 411. The zero-order valence-electron chi connectivity index (χ0n) is 12.7. The molecule has 0 saturated heterocycles. The molecule has 0 aliphatic rings. The van der Waals surface area contributed by atoms with Crippen molar-refractivity contribution < 1.29 is 4.74 Å². The van der Waals surface area contributed by atoms with E-state index in [4.69, 9.17) is 16.3 Å². The molecule has 1 aromatic rings. The Balaban J connectivity index is 2.89. The summed E-state index contributed by atoms with van der Waals surface area (Å²) in [4.78, 5) is 0. The van der Waals surface area contributed by atoms with Gasteiger partial charge >= 0.3 is 0 Å². The second kappa shape index (κ2) is 9.04. The first-order valence-corrected chi connectivity index (χ1v) is 8.45. The predicted octanol–water partition coefficient (Wildman–Crippen LogP) is 4.68. The van der Waals surface area contributed by atoms with Gasteiger partial charge < -0.3 is 10.1 Å². The number of benzene rings is 1. The lowest BCUT2D eigenvalue weighted by Gasteiger charge is -2.31. The van der Waals surface area contributed by atoms with E-state index >= 15 is 0 Å². The van der Waals surface area contributed by atoms with Gasteiger partial charge in [-0.3, -0.25) is 0 Å². The van der Waals surface area contributed by atoms with Crippen LogP contribution in [0.4, 0.5) is 0 Å². The van der Waals surface area contributed by atoms with Crippen LogP contribution in [0.3, 0.4) is 0 Å². The van der Waals surface area contributed by atoms with Crippen molar-refractivity contribution in [1.29, 1.82) is 0 Å². The summed E-state index contributed by atoms with van der Waals surface area (Å²) >= 11 is 9.78. The molecule has 2 nitrogen and oxygen atoms in total. The molecule has 4 heteroatoms. The first-order chi connectivity index (χ1) is 9.49. The summed E-state index contributed by atoms with van der Waals surface area (Å²) in [6.07, 6.45) is 1.07. The fraction of sp³-hybridized carbons (Fsp3) is 0.625. The molecule has 20 heavy (non-hydrogen) atoms. The molecule has 114 valence electrons. The third-order valence-electron chi connectivity index (χ3n) is 3.33. The first kappa shape index (κ1) is 18.0. The van der Waals surface area contributed by atoms with Crippen LogP contribution in [-0.2, 0) is 11.2 Å². The Morgan fingerprint density at radius 1 is 1.30 bits per heavy atom. The molecule has 0 spiro atoms. The Hall–Kier alpha value is -0.0900. The molecule has 0 aliphatic carbocycles. The summed E-state index contributed by atoms with van der Waals surface area (Å²) in [6, 6.07) is 6.35. The summed E-state index contributed by atoms with van der Waals surface area (Å²) in [6.45, 7) is 10.2. The number of likely N-dealkylation sites (N-methyl/N-ethyl adjacent to an activating group) is 1. The number of ether oxygens (including phenoxy) is 1. The Morgan fingerprint density at radius 3 is 2.50 bits per heavy atom. The van der Waals surface area contributed by atoms with Crippen LogP contribution >= 0.6 is 27.5 Å². The van der Waals surface area contributed by atoms with Gasteiger partial charge in [0.1, 0.15) is 0 Å². The molecule has 2 unspecified atom stereocenters. The summed E-state index contributed by atoms with van der Waals surface area (Å²) in [5.74, 6) is 0.466. The van der Waals surface area contributed by atoms with Crippen molar-refractivity contribution in [3.05, 3.63) is 33.3 Å². The van der Waals surface area contributed by atoms with Gasteiger partial charge in [-0.15, -0.1) is 0 Å². The van der Waals surface area contributed by atoms with Crippen molar-refractivity contribution in [2.75, 3.05) is 13.2 Å². The predicted molar refractivity (Wildman–Crippen MR) is 90.6 cm³/mol. The lowest BCUT2D eigenvalue weighted by molar-refractivity contribution is 0.00396. The van der Waals surface area contributed by atoms with Crippen LogP contribution in [0.1, 0.15) is 33.3 Å². The highest BCUT2D eigenvalue weighted by Gasteiger charge is 2.25. The number of hydrogen-bond acceptors (Lipinski definition) is 2. The summed E-state index contributed by atoms with van der Waals surface area (Å²) in [5, 5.41) is 4.35. The van der Waals surface area contributed by atoms with Crippen LogP contribution < -0.4 is 5.32 Å².